The summed E-state index contributed by atoms with van der Waals surface area (Å²) in [6.45, 7) is 2.15. The summed E-state index contributed by atoms with van der Waals surface area (Å²) < 4.78 is 20.9. The van der Waals surface area contributed by atoms with Gasteiger partial charge in [-0.25, -0.2) is 9.07 Å². The van der Waals surface area contributed by atoms with Gasteiger partial charge in [-0.15, -0.1) is 0 Å². The molecule has 2 N–H and O–H groups in total. The summed E-state index contributed by atoms with van der Waals surface area (Å²) in [5.41, 5.74) is 5.58. The Morgan fingerprint density at radius 2 is 2.24 bits per heavy atom. The van der Waals surface area contributed by atoms with Crippen molar-refractivity contribution in [1.82, 2.24) is 9.78 Å². The minimum absolute atomic E-state index is 0.0533. The van der Waals surface area contributed by atoms with Gasteiger partial charge in [0.2, 0.25) is 0 Å². The molecule has 112 valence electrons. The van der Waals surface area contributed by atoms with E-state index in [-0.39, 0.29) is 24.0 Å². The van der Waals surface area contributed by atoms with Crippen LogP contribution in [0.15, 0.2) is 39.7 Å². The lowest BCUT2D eigenvalue weighted by Gasteiger charge is -2.10. The quantitative estimate of drug-likeness (QED) is 0.889. The number of ether oxygens (including phenoxy) is 1. The second-order valence-electron chi connectivity index (χ2n) is 4.71. The van der Waals surface area contributed by atoms with Crippen molar-refractivity contribution in [2.24, 2.45) is 5.73 Å². The molecule has 5 nitrogen and oxygen atoms in total. The van der Waals surface area contributed by atoms with Gasteiger partial charge in [0.1, 0.15) is 18.2 Å². The smallest absolute Gasteiger partial charge is 0.270 e. The van der Waals surface area contributed by atoms with Gasteiger partial charge < -0.3 is 10.5 Å². The Morgan fingerprint density at radius 3 is 2.90 bits per heavy atom. The highest BCUT2D eigenvalue weighted by molar-refractivity contribution is 9.10. The molecule has 0 amide bonds. The van der Waals surface area contributed by atoms with Crippen LogP contribution in [0.3, 0.4) is 0 Å². The summed E-state index contributed by atoms with van der Waals surface area (Å²) in [7, 11) is 0. The van der Waals surface area contributed by atoms with E-state index in [4.69, 9.17) is 10.5 Å². The molecule has 0 saturated heterocycles. The molecule has 2 aromatic rings. The van der Waals surface area contributed by atoms with Gasteiger partial charge in [0.25, 0.3) is 5.56 Å². The van der Waals surface area contributed by atoms with Crippen molar-refractivity contribution in [3.63, 3.8) is 0 Å². The number of halogens is 2. The maximum Gasteiger partial charge on any atom is 0.270 e. The lowest BCUT2D eigenvalue weighted by Crippen LogP contribution is -2.26. The Hall–Kier alpha value is -1.73. The van der Waals surface area contributed by atoms with Gasteiger partial charge in [0.05, 0.1) is 12.7 Å². The Morgan fingerprint density at radius 1 is 1.48 bits per heavy atom. The van der Waals surface area contributed by atoms with Crippen molar-refractivity contribution in [2.75, 3.05) is 6.61 Å². The van der Waals surface area contributed by atoms with Crippen molar-refractivity contribution < 1.29 is 9.13 Å². The lowest BCUT2D eigenvalue weighted by molar-refractivity contribution is 0.293. The summed E-state index contributed by atoms with van der Waals surface area (Å²) in [5.74, 6) is -0.0348. The third kappa shape index (κ3) is 4.37. The standard InChI is InChI=1S/C14H15BrFN3O2/c1-9(17)8-21-12-5-14(20)19(18-6-12)7-10-4-11(15)2-3-13(10)16/h2-6,9H,7-8,17H2,1H3. The Balaban J connectivity index is 2.18. The Labute approximate surface area is 129 Å². The van der Waals surface area contributed by atoms with Gasteiger partial charge in [0.15, 0.2) is 0 Å². The van der Waals surface area contributed by atoms with Crippen LogP contribution >= 0.6 is 15.9 Å². The first kappa shape index (κ1) is 15.7. The van der Waals surface area contributed by atoms with Crippen LogP contribution in [0.1, 0.15) is 12.5 Å². The van der Waals surface area contributed by atoms with E-state index in [0.29, 0.717) is 17.9 Å². The first-order valence-corrected chi connectivity index (χ1v) is 7.14. The fourth-order valence-electron chi connectivity index (χ4n) is 1.67. The number of hydrogen-bond donors (Lipinski definition) is 1. The maximum atomic E-state index is 13.7. The third-order valence-corrected chi connectivity index (χ3v) is 3.18. The average molecular weight is 356 g/mol. The van der Waals surface area contributed by atoms with Gasteiger partial charge >= 0.3 is 0 Å². The number of aromatic nitrogens is 2. The van der Waals surface area contributed by atoms with Gasteiger partial charge in [-0.05, 0) is 25.1 Å². The number of hydrogen-bond acceptors (Lipinski definition) is 4. The fraction of sp³-hybridized carbons (Fsp3) is 0.286. The Kier molecular flexibility index (Phi) is 5.08. The van der Waals surface area contributed by atoms with Gasteiger partial charge in [-0.2, -0.15) is 5.10 Å². The van der Waals surface area contributed by atoms with Crippen molar-refractivity contribution in [3.8, 4) is 5.75 Å². The second kappa shape index (κ2) is 6.82. The highest BCUT2D eigenvalue weighted by Crippen LogP contribution is 2.16. The van der Waals surface area contributed by atoms with E-state index in [1.54, 1.807) is 19.1 Å². The van der Waals surface area contributed by atoms with E-state index in [9.17, 15) is 9.18 Å². The summed E-state index contributed by atoms with van der Waals surface area (Å²) >= 11 is 3.27. The van der Waals surface area contributed by atoms with Gasteiger partial charge in [0, 0.05) is 22.1 Å². The SMILES string of the molecule is CC(N)COc1cnn(Cc2cc(Br)ccc2F)c(=O)c1. The molecule has 0 aliphatic heterocycles. The highest BCUT2D eigenvalue weighted by Gasteiger charge is 2.07. The molecule has 1 atom stereocenters. The van der Waals surface area contributed by atoms with E-state index < -0.39 is 0 Å². The van der Waals surface area contributed by atoms with Crippen molar-refractivity contribution in [2.45, 2.75) is 19.5 Å². The zero-order valence-electron chi connectivity index (χ0n) is 11.4. The number of benzene rings is 1. The molecule has 7 heteroatoms. The molecule has 1 aromatic carbocycles. The maximum absolute atomic E-state index is 13.7. The lowest BCUT2D eigenvalue weighted by atomic mass is 10.2. The molecular formula is C14H15BrFN3O2. The van der Waals surface area contributed by atoms with E-state index >= 15 is 0 Å². The van der Waals surface area contributed by atoms with E-state index in [0.717, 1.165) is 4.47 Å². The van der Waals surface area contributed by atoms with Crippen molar-refractivity contribution in [3.05, 3.63) is 56.7 Å². The van der Waals surface area contributed by atoms with Crippen LogP contribution in [0.25, 0.3) is 0 Å². The molecule has 1 aromatic heterocycles. The topological polar surface area (TPSA) is 70.1 Å². The molecule has 1 heterocycles. The summed E-state index contributed by atoms with van der Waals surface area (Å²) in [6.07, 6.45) is 1.42. The summed E-state index contributed by atoms with van der Waals surface area (Å²) in [4.78, 5) is 11.9. The van der Waals surface area contributed by atoms with Gasteiger partial charge in [-0.1, -0.05) is 15.9 Å². The Bertz CT molecular complexity index is 688. The van der Waals surface area contributed by atoms with E-state index in [1.165, 1.54) is 23.0 Å². The third-order valence-electron chi connectivity index (χ3n) is 2.69. The van der Waals surface area contributed by atoms with E-state index in [2.05, 4.69) is 21.0 Å². The van der Waals surface area contributed by atoms with Crippen molar-refractivity contribution in [1.29, 1.82) is 0 Å². The number of rotatable bonds is 5. The predicted octanol–water partition coefficient (Wildman–Crippen LogP) is 1.92. The number of nitrogens with zero attached hydrogens (tertiary/aromatic N) is 2. The van der Waals surface area contributed by atoms with Crippen LogP contribution in [0, 0.1) is 5.82 Å². The molecule has 0 saturated carbocycles. The average Bonchev–Trinajstić information content (AvgIpc) is 2.43. The molecule has 0 bridgehead atoms. The molecule has 2 rings (SSSR count). The molecule has 0 fully saturated rings. The molecule has 21 heavy (non-hydrogen) atoms. The predicted molar refractivity (Wildman–Crippen MR) is 80.8 cm³/mol. The van der Waals surface area contributed by atoms with Crippen LogP contribution in [0.4, 0.5) is 4.39 Å². The van der Waals surface area contributed by atoms with E-state index in [1.807, 2.05) is 0 Å². The molecule has 0 spiro atoms. The normalized spacial score (nSPS) is 12.2. The van der Waals surface area contributed by atoms with Crippen LogP contribution < -0.4 is 16.0 Å². The first-order valence-electron chi connectivity index (χ1n) is 6.35. The minimum Gasteiger partial charge on any atom is -0.490 e. The first-order chi connectivity index (χ1) is 9.95. The number of nitrogens with two attached hydrogens (primary N) is 1. The zero-order chi connectivity index (χ0) is 15.4. The second-order valence-corrected chi connectivity index (χ2v) is 5.63. The fourth-order valence-corrected chi connectivity index (χ4v) is 2.08. The molecular weight excluding hydrogens is 341 g/mol. The zero-order valence-corrected chi connectivity index (χ0v) is 13.0. The minimum atomic E-state index is -0.385. The molecule has 1 unspecified atom stereocenters. The summed E-state index contributed by atoms with van der Waals surface area (Å²) in [6, 6.07) is 5.72. The molecule has 0 aliphatic rings. The largest absolute Gasteiger partial charge is 0.490 e. The van der Waals surface area contributed by atoms with Gasteiger partial charge in [-0.3, -0.25) is 4.79 Å². The van der Waals surface area contributed by atoms with Crippen molar-refractivity contribution >= 4 is 15.9 Å². The monoisotopic (exact) mass is 355 g/mol. The van der Waals surface area contributed by atoms with Crippen LogP contribution in [-0.4, -0.2) is 22.4 Å². The van der Waals surface area contributed by atoms with Crippen LogP contribution in [-0.2, 0) is 6.54 Å². The highest BCUT2D eigenvalue weighted by atomic mass is 79.9. The molecule has 0 aliphatic carbocycles. The molecule has 0 radical (unpaired) electrons. The van der Waals surface area contributed by atoms with Crippen LogP contribution in [0.2, 0.25) is 0 Å². The summed E-state index contributed by atoms with van der Waals surface area (Å²) in [5, 5.41) is 3.98. The van der Waals surface area contributed by atoms with Crippen LogP contribution in [0.5, 0.6) is 5.75 Å².